The number of ether oxygens (including phenoxy) is 1. The van der Waals surface area contributed by atoms with Gasteiger partial charge in [-0.1, -0.05) is 0 Å². The van der Waals surface area contributed by atoms with Crippen LogP contribution in [0, 0.1) is 15.9 Å². The Hall–Kier alpha value is -2.48. The summed E-state index contributed by atoms with van der Waals surface area (Å²) >= 11 is 1.67. The lowest BCUT2D eigenvalue weighted by atomic mass is 10.1. The van der Waals surface area contributed by atoms with Crippen LogP contribution in [0.2, 0.25) is 0 Å². The number of nitro groups is 1. The van der Waals surface area contributed by atoms with E-state index in [1.165, 1.54) is 4.88 Å². The lowest BCUT2D eigenvalue weighted by Gasteiger charge is -2.26. The van der Waals surface area contributed by atoms with E-state index in [2.05, 4.69) is 0 Å². The Morgan fingerprint density at radius 1 is 1.43 bits per heavy atom. The van der Waals surface area contributed by atoms with E-state index in [1.807, 2.05) is 11.4 Å². The quantitative estimate of drug-likeness (QED) is 0.636. The Morgan fingerprint density at radius 3 is 3.04 bits per heavy atom. The standard InChI is InChI=1S/C15H13FN2O4S/c16-11-1-2-12(18(20)21)13(7-11)22-9-15(19)17-5-3-14-10(8-17)4-6-23-14/h1-2,4,6-7H,3,5,8-9H2. The first-order valence-corrected chi connectivity index (χ1v) is 7.82. The first-order chi connectivity index (χ1) is 11.0. The molecule has 6 nitrogen and oxygen atoms in total. The van der Waals surface area contributed by atoms with Crippen LogP contribution in [0.15, 0.2) is 29.6 Å². The molecule has 3 rings (SSSR count). The lowest BCUT2D eigenvalue weighted by molar-refractivity contribution is -0.385. The van der Waals surface area contributed by atoms with Crippen molar-refractivity contribution >= 4 is 22.9 Å². The third kappa shape index (κ3) is 3.31. The SMILES string of the molecule is O=C(COc1cc(F)ccc1[N+](=O)[O-])N1CCc2sccc2C1. The normalized spacial score (nSPS) is 13.5. The van der Waals surface area contributed by atoms with Crippen molar-refractivity contribution in [1.82, 2.24) is 4.90 Å². The number of carbonyl (C=O) groups excluding carboxylic acids is 1. The molecule has 0 bridgehead atoms. The van der Waals surface area contributed by atoms with Gasteiger partial charge in [-0.3, -0.25) is 14.9 Å². The van der Waals surface area contributed by atoms with Crippen molar-refractivity contribution in [2.75, 3.05) is 13.2 Å². The first kappa shape index (κ1) is 15.4. The van der Waals surface area contributed by atoms with Crippen LogP contribution in [-0.4, -0.2) is 28.9 Å². The van der Waals surface area contributed by atoms with Gasteiger partial charge in [0.15, 0.2) is 6.61 Å². The highest BCUT2D eigenvalue weighted by Crippen LogP contribution is 2.28. The zero-order chi connectivity index (χ0) is 16.4. The molecule has 1 amide bonds. The summed E-state index contributed by atoms with van der Waals surface area (Å²) in [5, 5.41) is 12.9. The molecule has 0 atom stereocenters. The van der Waals surface area contributed by atoms with Gasteiger partial charge in [-0.15, -0.1) is 11.3 Å². The number of hydrogen-bond donors (Lipinski definition) is 0. The molecule has 0 N–H and O–H groups in total. The Labute approximate surface area is 135 Å². The molecular formula is C15H13FN2O4S. The Bertz CT molecular complexity index is 762. The van der Waals surface area contributed by atoms with E-state index in [1.54, 1.807) is 16.2 Å². The average Bonchev–Trinajstić information content (AvgIpc) is 2.99. The zero-order valence-electron chi connectivity index (χ0n) is 12.0. The Kier molecular flexibility index (Phi) is 4.24. The van der Waals surface area contributed by atoms with Gasteiger partial charge in [0.1, 0.15) is 5.82 Å². The maximum Gasteiger partial charge on any atom is 0.311 e. The molecule has 1 aliphatic rings. The number of carbonyl (C=O) groups is 1. The van der Waals surface area contributed by atoms with Gasteiger partial charge in [-0.25, -0.2) is 4.39 Å². The predicted octanol–water partition coefficient (Wildman–Crippen LogP) is 2.76. The van der Waals surface area contributed by atoms with Crippen LogP contribution in [-0.2, 0) is 17.8 Å². The van der Waals surface area contributed by atoms with Crippen LogP contribution < -0.4 is 4.74 Å². The fourth-order valence-corrected chi connectivity index (χ4v) is 3.34. The van der Waals surface area contributed by atoms with Gasteiger partial charge >= 0.3 is 5.69 Å². The van der Waals surface area contributed by atoms with Crippen LogP contribution in [0.25, 0.3) is 0 Å². The smallest absolute Gasteiger partial charge is 0.311 e. The minimum absolute atomic E-state index is 0.239. The molecule has 0 radical (unpaired) electrons. The molecule has 0 fully saturated rings. The first-order valence-electron chi connectivity index (χ1n) is 6.94. The number of nitrogens with zero attached hydrogens (tertiary/aromatic N) is 2. The molecule has 1 aromatic carbocycles. The van der Waals surface area contributed by atoms with E-state index in [0.29, 0.717) is 13.1 Å². The van der Waals surface area contributed by atoms with E-state index in [4.69, 9.17) is 4.74 Å². The molecule has 8 heteroatoms. The monoisotopic (exact) mass is 336 g/mol. The van der Waals surface area contributed by atoms with Gasteiger partial charge in [-0.05, 0) is 29.5 Å². The van der Waals surface area contributed by atoms with Gasteiger partial charge in [0, 0.05) is 30.1 Å². The molecule has 1 aliphatic heterocycles. The molecule has 0 saturated heterocycles. The summed E-state index contributed by atoms with van der Waals surface area (Å²) in [4.78, 5) is 25.3. The van der Waals surface area contributed by atoms with Crippen LogP contribution in [0.4, 0.5) is 10.1 Å². The fourth-order valence-electron chi connectivity index (χ4n) is 2.45. The number of hydrogen-bond acceptors (Lipinski definition) is 5. The van der Waals surface area contributed by atoms with Crippen molar-refractivity contribution in [2.24, 2.45) is 0 Å². The number of rotatable bonds is 4. The number of thiophene rings is 1. The van der Waals surface area contributed by atoms with E-state index in [-0.39, 0.29) is 24.0 Å². The predicted molar refractivity (Wildman–Crippen MR) is 82.0 cm³/mol. The number of fused-ring (bicyclic) bond motifs is 1. The van der Waals surface area contributed by atoms with Crippen LogP contribution in [0.5, 0.6) is 5.75 Å². The largest absolute Gasteiger partial charge is 0.477 e. The van der Waals surface area contributed by atoms with E-state index >= 15 is 0 Å². The van der Waals surface area contributed by atoms with Gasteiger partial charge in [0.2, 0.25) is 5.75 Å². The topological polar surface area (TPSA) is 72.7 Å². The Balaban J connectivity index is 1.66. The van der Waals surface area contributed by atoms with Crippen LogP contribution >= 0.6 is 11.3 Å². The molecule has 0 spiro atoms. The van der Waals surface area contributed by atoms with Crippen molar-refractivity contribution in [1.29, 1.82) is 0 Å². The minimum atomic E-state index is -0.669. The molecule has 2 heterocycles. The molecular weight excluding hydrogens is 323 g/mol. The molecule has 23 heavy (non-hydrogen) atoms. The third-order valence-electron chi connectivity index (χ3n) is 3.63. The molecule has 0 saturated carbocycles. The van der Waals surface area contributed by atoms with Crippen molar-refractivity contribution in [3.63, 3.8) is 0 Å². The maximum atomic E-state index is 13.2. The molecule has 120 valence electrons. The van der Waals surface area contributed by atoms with Gasteiger partial charge in [0.05, 0.1) is 4.92 Å². The fraction of sp³-hybridized carbons (Fsp3) is 0.267. The summed E-state index contributed by atoms with van der Waals surface area (Å²) < 4.78 is 18.4. The second kappa shape index (κ2) is 6.33. The zero-order valence-corrected chi connectivity index (χ0v) is 12.8. The number of nitro benzene ring substituents is 1. The number of halogens is 1. The lowest BCUT2D eigenvalue weighted by Crippen LogP contribution is -2.38. The highest BCUT2D eigenvalue weighted by molar-refractivity contribution is 7.10. The maximum absolute atomic E-state index is 13.2. The number of benzene rings is 1. The highest BCUT2D eigenvalue weighted by atomic mass is 32.1. The third-order valence-corrected chi connectivity index (χ3v) is 4.65. The Morgan fingerprint density at radius 2 is 2.26 bits per heavy atom. The van der Waals surface area contributed by atoms with E-state index in [9.17, 15) is 19.3 Å². The minimum Gasteiger partial charge on any atom is -0.477 e. The molecule has 0 aliphatic carbocycles. The van der Waals surface area contributed by atoms with Gasteiger partial charge < -0.3 is 9.64 Å². The highest BCUT2D eigenvalue weighted by Gasteiger charge is 2.23. The summed E-state index contributed by atoms with van der Waals surface area (Å²) in [7, 11) is 0. The van der Waals surface area contributed by atoms with E-state index in [0.717, 1.165) is 30.2 Å². The second-order valence-corrected chi connectivity index (χ2v) is 6.09. The van der Waals surface area contributed by atoms with E-state index < -0.39 is 10.7 Å². The summed E-state index contributed by atoms with van der Waals surface area (Å²) in [5.74, 6) is -1.17. The molecule has 0 unspecified atom stereocenters. The van der Waals surface area contributed by atoms with Crippen molar-refractivity contribution in [2.45, 2.75) is 13.0 Å². The summed E-state index contributed by atoms with van der Waals surface area (Å²) in [6, 6.07) is 4.90. The second-order valence-electron chi connectivity index (χ2n) is 5.09. The number of amides is 1. The molecule has 2 aromatic rings. The molecule has 1 aromatic heterocycles. The van der Waals surface area contributed by atoms with Crippen molar-refractivity contribution in [3.05, 3.63) is 56.0 Å². The van der Waals surface area contributed by atoms with Crippen LogP contribution in [0.3, 0.4) is 0 Å². The van der Waals surface area contributed by atoms with Crippen molar-refractivity contribution in [3.8, 4) is 5.75 Å². The van der Waals surface area contributed by atoms with Crippen LogP contribution in [0.1, 0.15) is 10.4 Å². The summed E-state index contributed by atoms with van der Waals surface area (Å²) in [5.41, 5.74) is 0.754. The summed E-state index contributed by atoms with van der Waals surface area (Å²) in [6.45, 7) is 0.733. The summed E-state index contributed by atoms with van der Waals surface area (Å²) in [6.07, 6.45) is 0.791. The van der Waals surface area contributed by atoms with Crippen molar-refractivity contribution < 1.29 is 18.8 Å². The average molecular weight is 336 g/mol. The van der Waals surface area contributed by atoms with Gasteiger partial charge in [-0.2, -0.15) is 0 Å². The van der Waals surface area contributed by atoms with Gasteiger partial charge in [0.25, 0.3) is 5.91 Å².